The van der Waals surface area contributed by atoms with Crippen molar-refractivity contribution in [1.82, 2.24) is 20.7 Å². The summed E-state index contributed by atoms with van der Waals surface area (Å²) in [7, 11) is 1.75. The first-order valence-corrected chi connectivity index (χ1v) is 13.2. The van der Waals surface area contributed by atoms with Gasteiger partial charge < -0.3 is 20.1 Å². The Balaban J connectivity index is 1.26. The van der Waals surface area contributed by atoms with Crippen molar-refractivity contribution in [3.05, 3.63) is 18.1 Å². The maximum Gasteiger partial charge on any atom is 0.129 e. The van der Waals surface area contributed by atoms with Crippen LogP contribution in [0.4, 0.5) is 5.82 Å². The number of amidine groups is 1. The molecule has 1 saturated heterocycles. The number of methoxy groups -OCH3 is 1. The molecule has 2 atom stereocenters. The summed E-state index contributed by atoms with van der Waals surface area (Å²) in [5.74, 6) is 2.32. The zero-order chi connectivity index (χ0) is 25.2. The van der Waals surface area contributed by atoms with Crippen LogP contribution in [0.3, 0.4) is 0 Å². The zero-order valence-corrected chi connectivity index (χ0v) is 21.6. The molecule has 2 unspecified atom stereocenters. The SMILES string of the molecule is COCC(C)NC1CCC(CNc2cc(C3C=NNC(=NCC4(C#N)CCOCC4)C3)ncn2)CC1. The third-order valence-corrected chi connectivity index (χ3v) is 7.54. The molecule has 10 heteroatoms. The van der Waals surface area contributed by atoms with Gasteiger partial charge in [0.2, 0.25) is 0 Å². The van der Waals surface area contributed by atoms with Crippen LogP contribution in [0.15, 0.2) is 22.5 Å². The Bertz CT molecular complexity index is 932. The second-order valence-corrected chi connectivity index (χ2v) is 10.4. The summed E-state index contributed by atoms with van der Waals surface area (Å²) >= 11 is 0. The standard InChI is InChI=1S/C26H40N8O2/c1-19(15-35-2)33-22-5-3-20(4-6-22)13-28-24-12-23(30-18-31-24)21-11-25(34-32-14-21)29-17-26(16-27)7-9-36-10-8-26/h12,14,18-22,33H,3-11,13,15,17H2,1-2H3,(H,29,34)(H,28,30,31). The number of nitrogens with one attached hydrogen (secondary N) is 3. The highest BCUT2D eigenvalue weighted by atomic mass is 16.5. The van der Waals surface area contributed by atoms with Gasteiger partial charge in [-0.1, -0.05) is 0 Å². The summed E-state index contributed by atoms with van der Waals surface area (Å²) in [5.41, 5.74) is 3.50. The predicted octanol–water partition coefficient (Wildman–Crippen LogP) is 2.85. The van der Waals surface area contributed by atoms with Crippen LogP contribution < -0.4 is 16.1 Å². The molecule has 2 fully saturated rings. The number of rotatable bonds is 10. The minimum absolute atomic E-state index is 0.0249. The Morgan fingerprint density at radius 3 is 2.83 bits per heavy atom. The van der Waals surface area contributed by atoms with E-state index < -0.39 is 5.41 Å². The molecule has 3 N–H and O–H groups in total. The lowest BCUT2D eigenvalue weighted by Gasteiger charge is -2.31. The minimum Gasteiger partial charge on any atom is -0.383 e. The number of ether oxygens (including phenoxy) is 2. The Kier molecular flexibility index (Phi) is 9.61. The van der Waals surface area contributed by atoms with Gasteiger partial charge in [0.15, 0.2) is 0 Å². The minimum atomic E-state index is -0.438. The highest BCUT2D eigenvalue weighted by Crippen LogP contribution is 2.30. The molecule has 0 amide bonds. The lowest BCUT2D eigenvalue weighted by Crippen LogP contribution is -2.41. The third kappa shape index (κ3) is 7.45. The zero-order valence-electron chi connectivity index (χ0n) is 21.6. The smallest absolute Gasteiger partial charge is 0.129 e. The molecule has 0 spiro atoms. The highest BCUT2D eigenvalue weighted by molar-refractivity contribution is 5.90. The molecule has 2 aliphatic heterocycles. The molecule has 36 heavy (non-hydrogen) atoms. The van der Waals surface area contributed by atoms with Crippen LogP contribution in [-0.4, -0.2) is 74.1 Å². The van der Waals surface area contributed by atoms with Gasteiger partial charge in [0.05, 0.1) is 30.3 Å². The van der Waals surface area contributed by atoms with E-state index in [2.05, 4.69) is 44.1 Å². The van der Waals surface area contributed by atoms with E-state index in [9.17, 15) is 5.26 Å². The monoisotopic (exact) mass is 496 g/mol. The third-order valence-electron chi connectivity index (χ3n) is 7.54. The summed E-state index contributed by atoms with van der Waals surface area (Å²) in [6.45, 7) is 5.56. The van der Waals surface area contributed by atoms with Crippen molar-refractivity contribution in [2.75, 3.05) is 45.3 Å². The van der Waals surface area contributed by atoms with E-state index in [1.54, 1.807) is 13.4 Å². The summed E-state index contributed by atoms with van der Waals surface area (Å²) in [4.78, 5) is 13.7. The average Bonchev–Trinajstić information content (AvgIpc) is 2.92. The molecule has 1 saturated carbocycles. The van der Waals surface area contributed by atoms with E-state index in [1.807, 2.05) is 12.3 Å². The topological polar surface area (TPSA) is 129 Å². The number of nitrogens with zero attached hydrogens (tertiary/aromatic N) is 5. The lowest BCUT2D eigenvalue weighted by molar-refractivity contribution is 0.0441. The largest absolute Gasteiger partial charge is 0.383 e. The number of aliphatic imine (C=N–C) groups is 1. The van der Waals surface area contributed by atoms with Crippen molar-refractivity contribution in [1.29, 1.82) is 5.26 Å². The van der Waals surface area contributed by atoms with Crippen molar-refractivity contribution in [2.45, 2.75) is 69.9 Å². The Labute approximate surface area is 214 Å². The van der Waals surface area contributed by atoms with Crippen LogP contribution in [0.1, 0.15) is 63.5 Å². The van der Waals surface area contributed by atoms with E-state index in [-0.39, 0.29) is 5.92 Å². The van der Waals surface area contributed by atoms with E-state index in [0.717, 1.165) is 43.3 Å². The molecule has 10 nitrogen and oxygen atoms in total. The number of hydrazone groups is 1. The van der Waals surface area contributed by atoms with Gasteiger partial charge >= 0.3 is 0 Å². The molecule has 196 valence electrons. The molecule has 3 heterocycles. The summed E-state index contributed by atoms with van der Waals surface area (Å²) in [6.07, 6.45) is 10.4. The van der Waals surface area contributed by atoms with Crippen LogP contribution in [0.2, 0.25) is 0 Å². The molecule has 4 rings (SSSR count). The molecule has 3 aliphatic rings. The fraction of sp³-hybridized carbons (Fsp3) is 0.731. The Hall–Kier alpha value is -2.61. The van der Waals surface area contributed by atoms with Crippen LogP contribution in [0.25, 0.3) is 0 Å². The van der Waals surface area contributed by atoms with Gasteiger partial charge in [0.25, 0.3) is 0 Å². The van der Waals surface area contributed by atoms with Crippen LogP contribution in [-0.2, 0) is 9.47 Å². The van der Waals surface area contributed by atoms with Gasteiger partial charge in [-0.3, -0.25) is 10.4 Å². The first-order chi connectivity index (χ1) is 17.6. The van der Waals surface area contributed by atoms with Gasteiger partial charge in [-0.25, -0.2) is 9.97 Å². The maximum atomic E-state index is 9.69. The molecule has 0 radical (unpaired) electrons. The molecule has 0 bridgehead atoms. The average molecular weight is 497 g/mol. The van der Waals surface area contributed by atoms with Gasteiger partial charge in [0.1, 0.15) is 18.0 Å². The van der Waals surface area contributed by atoms with E-state index in [4.69, 9.17) is 14.5 Å². The van der Waals surface area contributed by atoms with Crippen molar-refractivity contribution in [3.8, 4) is 6.07 Å². The predicted molar refractivity (Wildman–Crippen MR) is 140 cm³/mol. The highest BCUT2D eigenvalue weighted by Gasteiger charge is 2.33. The molecular formula is C26H40N8O2. The van der Waals surface area contributed by atoms with Crippen molar-refractivity contribution in [3.63, 3.8) is 0 Å². The summed E-state index contributed by atoms with van der Waals surface area (Å²) < 4.78 is 10.7. The number of anilines is 1. The second kappa shape index (κ2) is 13.1. The Morgan fingerprint density at radius 1 is 1.28 bits per heavy atom. The number of nitriles is 1. The normalized spacial score (nSPS) is 27.7. The lowest BCUT2D eigenvalue weighted by atomic mass is 9.82. The molecule has 0 aromatic carbocycles. The quantitative estimate of drug-likeness (QED) is 0.451. The van der Waals surface area contributed by atoms with Crippen LogP contribution in [0, 0.1) is 22.7 Å². The van der Waals surface area contributed by atoms with E-state index in [0.29, 0.717) is 44.2 Å². The molecule has 1 aromatic rings. The fourth-order valence-corrected chi connectivity index (χ4v) is 5.26. The van der Waals surface area contributed by atoms with Crippen molar-refractivity contribution >= 4 is 17.9 Å². The van der Waals surface area contributed by atoms with Crippen LogP contribution in [0.5, 0.6) is 0 Å². The fourth-order valence-electron chi connectivity index (χ4n) is 5.26. The molecule has 1 aromatic heterocycles. The Morgan fingerprint density at radius 2 is 2.08 bits per heavy atom. The van der Waals surface area contributed by atoms with Crippen LogP contribution >= 0.6 is 0 Å². The van der Waals surface area contributed by atoms with Gasteiger partial charge in [-0.05, 0) is 51.4 Å². The second-order valence-electron chi connectivity index (χ2n) is 10.4. The first-order valence-electron chi connectivity index (χ1n) is 13.2. The van der Waals surface area contributed by atoms with Gasteiger partial charge in [-0.15, -0.1) is 0 Å². The first kappa shape index (κ1) is 26.5. The van der Waals surface area contributed by atoms with Crippen molar-refractivity contribution in [2.24, 2.45) is 21.4 Å². The number of hydrogen-bond acceptors (Lipinski definition) is 9. The van der Waals surface area contributed by atoms with E-state index >= 15 is 0 Å². The van der Waals surface area contributed by atoms with Gasteiger partial charge in [-0.2, -0.15) is 10.4 Å². The summed E-state index contributed by atoms with van der Waals surface area (Å²) in [6, 6.07) is 5.48. The van der Waals surface area contributed by atoms with Gasteiger partial charge in [0, 0.05) is 63.6 Å². The molecule has 1 aliphatic carbocycles. The number of hydrogen-bond donors (Lipinski definition) is 3. The van der Waals surface area contributed by atoms with E-state index in [1.165, 1.54) is 25.7 Å². The van der Waals surface area contributed by atoms with Crippen molar-refractivity contribution < 1.29 is 9.47 Å². The maximum absolute atomic E-state index is 9.69. The summed E-state index contributed by atoms with van der Waals surface area (Å²) in [5, 5.41) is 21.2. The number of aromatic nitrogens is 2. The molecular weight excluding hydrogens is 456 g/mol.